The maximum Gasteiger partial charge on any atom is 0.243 e. The fourth-order valence-corrected chi connectivity index (χ4v) is 1.65. The van der Waals surface area contributed by atoms with Crippen LogP contribution in [0.5, 0.6) is 11.5 Å². The van der Waals surface area contributed by atoms with E-state index in [0.717, 1.165) is 0 Å². The van der Waals surface area contributed by atoms with Gasteiger partial charge in [0.15, 0.2) is 11.5 Å². The Morgan fingerprint density at radius 2 is 2.21 bits per heavy atom. The van der Waals surface area contributed by atoms with Crippen molar-refractivity contribution in [1.29, 1.82) is 0 Å². The number of fused-ring (bicyclic) bond motifs is 1. The van der Waals surface area contributed by atoms with Crippen LogP contribution >= 0.6 is 12.4 Å². The highest BCUT2D eigenvalue weighted by Gasteiger charge is 2.19. The summed E-state index contributed by atoms with van der Waals surface area (Å²) in [4.78, 5) is 11.8. The standard InChI is InChI=1S/C12H16N2O4.ClH/c1-16-7-8(13)12(15)14-9-3-2-4-10-11(9)18-6-5-17-10;/h2-4,8H,5-7,13H2,1H3,(H,14,15);1H. The molecule has 1 atom stereocenters. The van der Waals surface area contributed by atoms with E-state index in [4.69, 9.17) is 19.9 Å². The van der Waals surface area contributed by atoms with Crippen molar-refractivity contribution in [3.05, 3.63) is 18.2 Å². The molecule has 6 nitrogen and oxygen atoms in total. The zero-order valence-corrected chi connectivity index (χ0v) is 11.4. The molecule has 1 aromatic carbocycles. The maximum atomic E-state index is 11.8. The SMILES string of the molecule is COCC(N)C(=O)Nc1cccc2c1OCCO2.Cl. The van der Waals surface area contributed by atoms with Crippen LogP contribution in [0.2, 0.25) is 0 Å². The number of anilines is 1. The van der Waals surface area contributed by atoms with Crippen LogP contribution in [0.3, 0.4) is 0 Å². The highest BCUT2D eigenvalue weighted by atomic mass is 35.5. The lowest BCUT2D eigenvalue weighted by Gasteiger charge is -2.21. The Balaban J connectivity index is 0.00000180. The van der Waals surface area contributed by atoms with Crippen molar-refractivity contribution in [1.82, 2.24) is 0 Å². The third kappa shape index (κ3) is 3.73. The first kappa shape index (κ1) is 15.6. The van der Waals surface area contributed by atoms with Crippen LogP contribution in [0.15, 0.2) is 18.2 Å². The Kier molecular flexibility index (Phi) is 5.88. The molecule has 0 saturated carbocycles. The Labute approximate surface area is 117 Å². The molecule has 0 saturated heterocycles. The molecule has 7 heteroatoms. The minimum Gasteiger partial charge on any atom is -0.486 e. The molecule has 0 radical (unpaired) electrons. The third-order valence-corrected chi connectivity index (χ3v) is 2.51. The van der Waals surface area contributed by atoms with Gasteiger partial charge in [0, 0.05) is 7.11 Å². The van der Waals surface area contributed by atoms with E-state index >= 15 is 0 Å². The number of amides is 1. The zero-order valence-electron chi connectivity index (χ0n) is 10.5. The molecule has 2 rings (SSSR count). The van der Waals surface area contributed by atoms with Crippen molar-refractivity contribution >= 4 is 24.0 Å². The summed E-state index contributed by atoms with van der Waals surface area (Å²) in [6.45, 7) is 1.13. The molecule has 1 heterocycles. The number of hydrogen-bond acceptors (Lipinski definition) is 5. The van der Waals surface area contributed by atoms with Crippen LogP contribution in [-0.2, 0) is 9.53 Å². The molecule has 106 valence electrons. The molecule has 0 bridgehead atoms. The number of nitrogens with one attached hydrogen (secondary N) is 1. The predicted molar refractivity (Wildman–Crippen MR) is 73.2 cm³/mol. The van der Waals surface area contributed by atoms with Gasteiger partial charge >= 0.3 is 0 Å². The molecule has 1 unspecified atom stereocenters. The average Bonchev–Trinajstić information content (AvgIpc) is 2.39. The van der Waals surface area contributed by atoms with Crippen molar-refractivity contribution in [3.63, 3.8) is 0 Å². The molecule has 19 heavy (non-hydrogen) atoms. The topological polar surface area (TPSA) is 82.8 Å². The molecule has 1 aromatic rings. The second kappa shape index (κ2) is 7.18. The minimum absolute atomic E-state index is 0. The molecule has 0 aliphatic carbocycles. The molecule has 1 amide bonds. The number of carbonyl (C=O) groups is 1. The van der Waals surface area contributed by atoms with Gasteiger partial charge in [-0.2, -0.15) is 0 Å². The quantitative estimate of drug-likeness (QED) is 0.856. The highest BCUT2D eigenvalue weighted by molar-refractivity contribution is 5.96. The predicted octanol–water partition coefficient (Wildman–Crippen LogP) is 0.792. The van der Waals surface area contributed by atoms with Crippen molar-refractivity contribution in [2.24, 2.45) is 5.73 Å². The lowest BCUT2D eigenvalue weighted by molar-refractivity contribution is -0.118. The number of carbonyl (C=O) groups excluding carboxylic acids is 1. The summed E-state index contributed by atoms with van der Waals surface area (Å²) in [5.74, 6) is 0.848. The van der Waals surface area contributed by atoms with Gasteiger partial charge < -0.3 is 25.3 Å². The number of ether oxygens (including phenoxy) is 3. The van der Waals surface area contributed by atoms with E-state index in [9.17, 15) is 4.79 Å². The van der Waals surface area contributed by atoms with Crippen molar-refractivity contribution in [2.75, 3.05) is 32.2 Å². The van der Waals surface area contributed by atoms with Gasteiger partial charge in [-0.25, -0.2) is 0 Å². The first-order chi connectivity index (χ1) is 8.72. The van der Waals surface area contributed by atoms with Crippen molar-refractivity contribution in [3.8, 4) is 11.5 Å². The Hall–Kier alpha value is -1.50. The fraction of sp³-hybridized carbons (Fsp3) is 0.417. The summed E-state index contributed by atoms with van der Waals surface area (Å²) in [6, 6.07) is 4.60. The molecular weight excluding hydrogens is 272 g/mol. The Bertz CT molecular complexity index is 442. The summed E-state index contributed by atoms with van der Waals surface area (Å²) >= 11 is 0. The summed E-state index contributed by atoms with van der Waals surface area (Å²) < 4.78 is 15.7. The van der Waals surface area contributed by atoms with Gasteiger partial charge in [-0.3, -0.25) is 4.79 Å². The summed E-state index contributed by atoms with van der Waals surface area (Å²) in [7, 11) is 1.49. The minimum atomic E-state index is -0.713. The van der Waals surface area contributed by atoms with Gasteiger partial charge in [0.1, 0.15) is 19.3 Å². The number of rotatable bonds is 4. The first-order valence-electron chi connectivity index (χ1n) is 5.66. The lowest BCUT2D eigenvalue weighted by atomic mass is 10.2. The number of hydrogen-bond donors (Lipinski definition) is 2. The van der Waals surface area contributed by atoms with Crippen molar-refractivity contribution < 1.29 is 19.0 Å². The number of nitrogens with two attached hydrogens (primary N) is 1. The van der Waals surface area contributed by atoms with Gasteiger partial charge in [0.2, 0.25) is 5.91 Å². The van der Waals surface area contributed by atoms with E-state index < -0.39 is 6.04 Å². The second-order valence-corrected chi connectivity index (χ2v) is 3.88. The van der Waals surface area contributed by atoms with Crippen LogP contribution in [-0.4, -0.2) is 38.9 Å². The van der Waals surface area contributed by atoms with E-state index in [0.29, 0.717) is 30.4 Å². The lowest BCUT2D eigenvalue weighted by Crippen LogP contribution is -2.39. The molecule has 1 aliphatic rings. The van der Waals surface area contributed by atoms with Gasteiger partial charge in [-0.15, -0.1) is 12.4 Å². The van der Waals surface area contributed by atoms with Crippen LogP contribution < -0.4 is 20.5 Å². The highest BCUT2D eigenvalue weighted by Crippen LogP contribution is 2.37. The van der Waals surface area contributed by atoms with Gasteiger partial charge in [0.25, 0.3) is 0 Å². The van der Waals surface area contributed by atoms with E-state index in [2.05, 4.69) is 5.32 Å². The molecule has 0 aromatic heterocycles. The summed E-state index contributed by atoms with van der Waals surface area (Å²) in [5, 5.41) is 2.71. The Morgan fingerprint density at radius 1 is 1.47 bits per heavy atom. The van der Waals surface area contributed by atoms with E-state index in [1.54, 1.807) is 18.2 Å². The van der Waals surface area contributed by atoms with Crippen LogP contribution in [0.1, 0.15) is 0 Å². The summed E-state index contributed by atoms with van der Waals surface area (Å²) in [5.41, 5.74) is 6.20. The zero-order chi connectivity index (χ0) is 13.0. The molecular formula is C12H17ClN2O4. The van der Waals surface area contributed by atoms with Crippen LogP contribution in [0, 0.1) is 0 Å². The van der Waals surface area contributed by atoms with E-state index in [1.807, 2.05) is 0 Å². The van der Waals surface area contributed by atoms with Crippen LogP contribution in [0.4, 0.5) is 5.69 Å². The second-order valence-electron chi connectivity index (χ2n) is 3.88. The van der Waals surface area contributed by atoms with Gasteiger partial charge in [-0.05, 0) is 12.1 Å². The monoisotopic (exact) mass is 288 g/mol. The number of halogens is 1. The molecule has 0 fully saturated rings. The normalized spacial score (nSPS) is 14.2. The van der Waals surface area contributed by atoms with E-state index in [1.165, 1.54) is 7.11 Å². The number of benzene rings is 1. The van der Waals surface area contributed by atoms with Crippen molar-refractivity contribution in [2.45, 2.75) is 6.04 Å². The van der Waals surface area contributed by atoms with Gasteiger partial charge in [-0.1, -0.05) is 6.07 Å². The van der Waals surface area contributed by atoms with E-state index in [-0.39, 0.29) is 24.9 Å². The Morgan fingerprint density at radius 3 is 2.95 bits per heavy atom. The number of methoxy groups -OCH3 is 1. The molecule has 0 spiro atoms. The molecule has 1 aliphatic heterocycles. The van der Waals surface area contributed by atoms with Crippen LogP contribution in [0.25, 0.3) is 0 Å². The summed E-state index contributed by atoms with van der Waals surface area (Å²) in [6.07, 6.45) is 0. The fourth-order valence-electron chi connectivity index (χ4n) is 1.65. The maximum absolute atomic E-state index is 11.8. The third-order valence-electron chi connectivity index (χ3n) is 2.51. The molecule has 3 N–H and O–H groups in total. The largest absolute Gasteiger partial charge is 0.486 e. The first-order valence-corrected chi connectivity index (χ1v) is 5.66. The number of para-hydroxylation sites is 1. The average molecular weight is 289 g/mol. The van der Waals surface area contributed by atoms with Gasteiger partial charge in [0.05, 0.1) is 12.3 Å². The smallest absolute Gasteiger partial charge is 0.243 e.